The average Bonchev–Trinajstić information content (AvgIpc) is 2.56. The molecule has 0 saturated carbocycles. The van der Waals surface area contributed by atoms with E-state index in [1.54, 1.807) is 13.0 Å². The SMILES string of the molecule is C[C@H](O)C[C@@H]1c2ccccc2Cc2ccc(F)cc2[C@H]1O. The first-order chi connectivity index (χ1) is 10.1. The minimum absolute atomic E-state index is 0.218. The van der Waals surface area contributed by atoms with Gasteiger partial charge < -0.3 is 10.2 Å². The molecule has 0 saturated heterocycles. The Balaban J connectivity index is 2.15. The summed E-state index contributed by atoms with van der Waals surface area (Å²) in [5.74, 6) is -0.557. The molecular formula is C18H19FO2. The fourth-order valence-electron chi connectivity index (χ4n) is 3.27. The van der Waals surface area contributed by atoms with Crippen LogP contribution in [0.5, 0.6) is 0 Å². The molecule has 0 amide bonds. The fraction of sp³-hybridized carbons (Fsp3) is 0.333. The van der Waals surface area contributed by atoms with Crippen molar-refractivity contribution in [3.8, 4) is 0 Å². The summed E-state index contributed by atoms with van der Waals surface area (Å²) in [6, 6.07) is 12.5. The third kappa shape index (κ3) is 2.71. The van der Waals surface area contributed by atoms with Crippen LogP contribution in [-0.4, -0.2) is 16.3 Å². The molecule has 1 aliphatic rings. The van der Waals surface area contributed by atoms with Gasteiger partial charge in [0.1, 0.15) is 5.82 Å². The van der Waals surface area contributed by atoms with Gasteiger partial charge in [0.05, 0.1) is 12.2 Å². The van der Waals surface area contributed by atoms with E-state index in [1.807, 2.05) is 24.3 Å². The molecule has 2 aromatic rings. The molecule has 0 heterocycles. The summed E-state index contributed by atoms with van der Waals surface area (Å²) in [4.78, 5) is 0. The van der Waals surface area contributed by atoms with E-state index in [9.17, 15) is 14.6 Å². The van der Waals surface area contributed by atoms with Crippen LogP contribution in [0.15, 0.2) is 42.5 Å². The highest BCUT2D eigenvalue weighted by molar-refractivity contribution is 5.44. The summed E-state index contributed by atoms with van der Waals surface area (Å²) in [6.45, 7) is 1.71. The van der Waals surface area contributed by atoms with Crippen molar-refractivity contribution in [1.82, 2.24) is 0 Å². The molecule has 0 unspecified atom stereocenters. The monoisotopic (exact) mass is 286 g/mol. The second kappa shape index (κ2) is 5.58. The average molecular weight is 286 g/mol. The van der Waals surface area contributed by atoms with E-state index in [1.165, 1.54) is 12.1 Å². The van der Waals surface area contributed by atoms with Crippen LogP contribution in [0.25, 0.3) is 0 Å². The highest BCUT2D eigenvalue weighted by atomic mass is 19.1. The van der Waals surface area contributed by atoms with E-state index in [2.05, 4.69) is 0 Å². The number of benzene rings is 2. The van der Waals surface area contributed by atoms with Gasteiger partial charge in [-0.1, -0.05) is 30.3 Å². The highest BCUT2D eigenvalue weighted by Gasteiger charge is 2.30. The Bertz CT molecular complexity index is 651. The van der Waals surface area contributed by atoms with Crippen molar-refractivity contribution in [1.29, 1.82) is 0 Å². The Morgan fingerprint density at radius 3 is 2.62 bits per heavy atom. The van der Waals surface area contributed by atoms with E-state index >= 15 is 0 Å². The first-order valence-corrected chi connectivity index (χ1v) is 7.28. The third-order valence-electron chi connectivity index (χ3n) is 4.24. The summed E-state index contributed by atoms with van der Waals surface area (Å²) < 4.78 is 13.6. The van der Waals surface area contributed by atoms with Gasteiger partial charge in [0.15, 0.2) is 0 Å². The minimum Gasteiger partial charge on any atom is -0.393 e. The van der Waals surface area contributed by atoms with Crippen molar-refractivity contribution in [3.63, 3.8) is 0 Å². The molecular weight excluding hydrogens is 267 g/mol. The number of hydrogen-bond acceptors (Lipinski definition) is 2. The number of rotatable bonds is 2. The van der Waals surface area contributed by atoms with Crippen molar-refractivity contribution < 1.29 is 14.6 Å². The normalized spacial score (nSPS) is 22.1. The lowest BCUT2D eigenvalue weighted by Crippen LogP contribution is -2.16. The minimum atomic E-state index is -0.797. The standard InChI is InChI=1S/C18H19FO2/c1-11(20)8-17-15-5-3-2-4-12(15)9-13-6-7-14(19)10-16(13)18(17)21/h2-7,10-11,17-18,20-21H,8-9H2,1H3/t11-,17+,18+/m0/s1. The predicted molar refractivity (Wildman–Crippen MR) is 79.6 cm³/mol. The smallest absolute Gasteiger partial charge is 0.123 e. The second-order valence-corrected chi connectivity index (χ2v) is 5.85. The van der Waals surface area contributed by atoms with E-state index in [4.69, 9.17) is 0 Å². The van der Waals surface area contributed by atoms with Crippen LogP contribution in [0.4, 0.5) is 4.39 Å². The first kappa shape index (κ1) is 14.2. The Labute approximate surface area is 123 Å². The van der Waals surface area contributed by atoms with Gasteiger partial charge in [0.25, 0.3) is 0 Å². The summed E-state index contributed by atoms with van der Waals surface area (Å²) >= 11 is 0. The van der Waals surface area contributed by atoms with Crippen molar-refractivity contribution >= 4 is 0 Å². The number of hydrogen-bond donors (Lipinski definition) is 2. The Kier molecular flexibility index (Phi) is 3.79. The summed E-state index contributed by atoms with van der Waals surface area (Å²) in [6.07, 6.45) is -0.186. The van der Waals surface area contributed by atoms with Gasteiger partial charge in [0.2, 0.25) is 0 Å². The molecule has 0 fully saturated rings. The number of aliphatic hydroxyl groups is 2. The van der Waals surface area contributed by atoms with Gasteiger partial charge in [-0.05, 0) is 54.2 Å². The van der Waals surface area contributed by atoms with Gasteiger partial charge >= 0.3 is 0 Å². The Hall–Kier alpha value is -1.71. The molecule has 2 aromatic carbocycles. The predicted octanol–water partition coefficient (Wildman–Crippen LogP) is 3.32. The number of fused-ring (bicyclic) bond motifs is 2. The summed E-state index contributed by atoms with van der Waals surface area (Å²) in [7, 11) is 0. The second-order valence-electron chi connectivity index (χ2n) is 5.85. The van der Waals surface area contributed by atoms with Gasteiger partial charge in [-0.2, -0.15) is 0 Å². The Morgan fingerprint density at radius 1 is 1.14 bits per heavy atom. The van der Waals surface area contributed by atoms with Crippen molar-refractivity contribution in [2.75, 3.05) is 0 Å². The van der Waals surface area contributed by atoms with Crippen molar-refractivity contribution in [2.24, 2.45) is 0 Å². The molecule has 2 nitrogen and oxygen atoms in total. The molecule has 1 aliphatic carbocycles. The largest absolute Gasteiger partial charge is 0.393 e. The van der Waals surface area contributed by atoms with Crippen LogP contribution in [-0.2, 0) is 6.42 Å². The third-order valence-corrected chi connectivity index (χ3v) is 4.24. The van der Waals surface area contributed by atoms with E-state index in [0.717, 1.165) is 16.7 Å². The van der Waals surface area contributed by atoms with Gasteiger partial charge in [0, 0.05) is 5.92 Å². The zero-order valence-electron chi connectivity index (χ0n) is 12.0. The molecule has 0 aliphatic heterocycles. The van der Waals surface area contributed by atoms with Crippen LogP contribution < -0.4 is 0 Å². The maximum atomic E-state index is 13.6. The van der Waals surface area contributed by atoms with Crippen LogP contribution in [0.2, 0.25) is 0 Å². The van der Waals surface area contributed by atoms with Crippen LogP contribution >= 0.6 is 0 Å². The van der Waals surface area contributed by atoms with E-state index in [0.29, 0.717) is 18.4 Å². The van der Waals surface area contributed by atoms with Crippen molar-refractivity contribution in [3.05, 3.63) is 70.5 Å². The molecule has 0 spiro atoms. The lowest BCUT2D eigenvalue weighted by molar-refractivity contribution is 0.101. The molecule has 21 heavy (non-hydrogen) atoms. The van der Waals surface area contributed by atoms with E-state index in [-0.39, 0.29) is 11.7 Å². The number of halogens is 1. The van der Waals surface area contributed by atoms with Crippen LogP contribution in [0.3, 0.4) is 0 Å². The maximum Gasteiger partial charge on any atom is 0.123 e. The highest BCUT2D eigenvalue weighted by Crippen LogP contribution is 2.41. The molecule has 110 valence electrons. The molecule has 0 radical (unpaired) electrons. The maximum absolute atomic E-state index is 13.6. The number of aliphatic hydroxyl groups excluding tert-OH is 2. The quantitative estimate of drug-likeness (QED) is 0.889. The summed E-state index contributed by atoms with van der Waals surface area (Å²) in [5.41, 5.74) is 3.76. The Morgan fingerprint density at radius 2 is 1.86 bits per heavy atom. The molecule has 0 aromatic heterocycles. The molecule has 3 rings (SSSR count). The lowest BCUT2D eigenvalue weighted by Gasteiger charge is -2.25. The molecule has 3 atom stereocenters. The fourth-order valence-corrected chi connectivity index (χ4v) is 3.27. The zero-order valence-corrected chi connectivity index (χ0v) is 12.0. The molecule has 0 bridgehead atoms. The first-order valence-electron chi connectivity index (χ1n) is 7.28. The van der Waals surface area contributed by atoms with Gasteiger partial charge in [-0.25, -0.2) is 4.39 Å². The zero-order chi connectivity index (χ0) is 15.0. The lowest BCUT2D eigenvalue weighted by atomic mass is 9.85. The van der Waals surface area contributed by atoms with Gasteiger partial charge in [-0.15, -0.1) is 0 Å². The van der Waals surface area contributed by atoms with Crippen LogP contribution in [0.1, 0.15) is 47.6 Å². The molecule has 2 N–H and O–H groups in total. The van der Waals surface area contributed by atoms with Crippen LogP contribution in [0, 0.1) is 5.82 Å². The summed E-state index contributed by atoms with van der Waals surface area (Å²) in [5, 5.41) is 20.5. The molecule has 3 heteroatoms. The van der Waals surface area contributed by atoms with Crippen molar-refractivity contribution in [2.45, 2.75) is 37.9 Å². The topological polar surface area (TPSA) is 40.5 Å². The van der Waals surface area contributed by atoms with E-state index < -0.39 is 12.2 Å². The van der Waals surface area contributed by atoms with Gasteiger partial charge in [-0.3, -0.25) is 0 Å².